The molecule has 7 nitrogen and oxygen atoms in total. The zero-order chi connectivity index (χ0) is 22.9. The zero-order valence-electron chi connectivity index (χ0n) is 17.5. The van der Waals surface area contributed by atoms with E-state index in [-0.39, 0.29) is 12.2 Å². The Bertz CT molecular complexity index is 1570. The summed E-state index contributed by atoms with van der Waals surface area (Å²) in [6, 6.07) is 19.0. The number of carbonyl (C=O) groups excluding carboxylic acids is 1. The van der Waals surface area contributed by atoms with Crippen LogP contribution in [0.4, 0.5) is 0 Å². The fourth-order valence-corrected chi connectivity index (χ4v) is 3.81. The van der Waals surface area contributed by atoms with E-state index >= 15 is 0 Å². The van der Waals surface area contributed by atoms with Crippen LogP contribution in [0, 0.1) is 0 Å². The number of halogens is 1. The molecule has 0 saturated heterocycles. The molecule has 162 valence electrons. The smallest absolute Gasteiger partial charge is 0.345 e. The second-order valence-electron chi connectivity index (χ2n) is 7.26. The summed E-state index contributed by atoms with van der Waals surface area (Å²) in [5.74, 6) is -0.719. The molecular weight excluding hydrogens is 440 g/mol. The van der Waals surface area contributed by atoms with Crippen molar-refractivity contribution in [3.63, 3.8) is 0 Å². The summed E-state index contributed by atoms with van der Waals surface area (Å²) in [7, 11) is 0. The maximum atomic E-state index is 13.0. The topological polar surface area (TPSA) is 86.4 Å². The van der Waals surface area contributed by atoms with Crippen LogP contribution in [0.2, 0.25) is 5.02 Å². The first kappa shape index (κ1) is 20.8. The first-order valence-electron chi connectivity index (χ1n) is 10.3. The Morgan fingerprint density at radius 1 is 1.03 bits per heavy atom. The average Bonchev–Trinajstić information content (AvgIpc) is 2.84. The molecule has 2 aromatic carbocycles. The molecule has 5 aromatic rings. The van der Waals surface area contributed by atoms with Gasteiger partial charge in [0.2, 0.25) is 0 Å². The van der Waals surface area contributed by atoms with E-state index in [0.29, 0.717) is 27.4 Å². The molecule has 0 aliphatic rings. The van der Waals surface area contributed by atoms with Crippen molar-refractivity contribution in [2.75, 3.05) is 6.61 Å². The highest BCUT2D eigenvalue weighted by atomic mass is 35.5. The summed E-state index contributed by atoms with van der Waals surface area (Å²) in [5.41, 5.74) is 3.40. The third kappa shape index (κ3) is 3.72. The van der Waals surface area contributed by atoms with Crippen molar-refractivity contribution in [1.82, 2.24) is 19.4 Å². The van der Waals surface area contributed by atoms with Gasteiger partial charge in [0.15, 0.2) is 11.3 Å². The highest BCUT2D eigenvalue weighted by Gasteiger charge is 2.19. The van der Waals surface area contributed by atoms with Crippen LogP contribution >= 0.6 is 11.6 Å². The van der Waals surface area contributed by atoms with E-state index in [1.165, 1.54) is 16.9 Å². The zero-order valence-corrected chi connectivity index (χ0v) is 18.3. The lowest BCUT2D eigenvalue weighted by atomic mass is 10.00. The molecule has 0 bridgehead atoms. The van der Waals surface area contributed by atoms with Crippen molar-refractivity contribution in [3.8, 4) is 22.4 Å². The Morgan fingerprint density at radius 2 is 1.79 bits per heavy atom. The van der Waals surface area contributed by atoms with Crippen molar-refractivity contribution in [1.29, 1.82) is 0 Å². The SMILES string of the molecule is CCOC(=O)c1cnc2c3c(-c4ccccc4)cc(-c4ccc(Cl)cc4)nc3ncn2c1=O. The van der Waals surface area contributed by atoms with E-state index in [4.69, 9.17) is 21.3 Å². The molecule has 0 fully saturated rings. The first-order valence-corrected chi connectivity index (χ1v) is 10.6. The third-order valence-electron chi connectivity index (χ3n) is 5.23. The molecular formula is C25H17ClN4O3. The summed E-state index contributed by atoms with van der Waals surface area (Å²) in [6.45, 7) is 1.83. The predicted octanol–water partition coefficient (Wildman–Crippen LogP) is 4.80. The predicted molar refractivity (Wildman–Crippen MR) is 126 cm³/mol. The van der Waals surface area contributed by atoms with Crippen molar-refractivity contribution >= 4 is 34.3 Å². The number of pyridine rings is 1. The van der Waals surface area contributed by atoms with Gasteiger partial charge in [0.1, 0.15) is 11.9 Å². The minimum absolute atomic E-state index is 0.150. The monoisotopic (exact) mass is 456 g/mol. The third-order valence-corrected chi connectivity index (χ3v) is 5.48. The van der Waals surface area contributed by atoms with E-state index in [1.54, 1.807) is 19.1 Å². The fraction of sp³-hybridized carbons (Fsp3) is 0.0800. The number of nitrogens with zero attached hydrogens (tertiary/aromatic N) is 4. The number of aromatic nitrogens is 4. The number of rotatable bonds is 4. The Kier molecular flexibility index (Phi) is 5.32. The molecule has 0 aliphatic carbocycles. The second-order valence-corrected chi connectivity index (χ2v) is 7.70. The highest BCUT2D eigenvalue weighted by molar-refractivity contribution is 6.30. The maximum absolute atomic E-state index is 13.0. The van der Waals surface area contributed by atoms with Crippen LogP contribution in [-0.4, -0.2) is 31.9 Å². The fourth-order valence-electron chi connectivity index (χ4n) is 3.68. The van der Waals surface area contributed by atoms with Crippen LogP contribution in [0.3, 0.4) is 0 Å². The van der Waals surface area contributed by atoms with E-state index in [1.807, 2.05) is 48.5 Å². The summed E-state index contributed by atoms with van der Waals surface area (Å²) >= 11 is 6.05. The minimum atomic E-state index is -0.719. The molecule has 3 aromatic heterocycles. The molecule has 0 aliphatic heterocycles. The van der Waals surface area contributed by atoms with Gasteiger partial charge < -0.3 is 4.74 Å². The molecule has 5 rings (SSSR count). The van der Waals surface area contributed by atoms with Gasteiger partial charge in [-0.2, -0.15) is 0 Å². The lowest BCUT2D eigenvalue weighted by molar-refractivity contribution is 0.0523. The minimum Gasteiger partial charge on any atom is -0.462 e. The molecule has 33 heavy (non-hydrogen) atoms. The molecule has 0 spiro atoms. The lowest BCUT2D eigenvalue weighted by Gasteiger charge is -2.12. The number of benzene rings is 2. The number of hydrogen-bond acceptors (Lipinski definition) is 6. The van der Waals surface area contributed by atoms with Crippen LogP contribution in [0.5, 0.6) is 0 Å². The normalized spacial score (nSPS) is 11.1. The van der Waals surface area contributed by atoms with Crippen molar-refractivity contribution < 1.29 is 9.53 Å². The van der Waals surface area contributed by atoms with Gasteiger partial charge in [-0.3, -0.25) is 4.79 Å². The number of fused-ring (bicyclic) bond motifs is 3. The van der Waals surface area contributed by atoms with E-state index < -0.39 is 11.5 Å². The van der Waals surface area contributed by atoms with Gasteiger partial charge in [-0.05, 0) is 36.2 Å². The summed E-state index contributed by atoms with van der Waals surface area (Å²) < 4.78 is 6.23. The molecule has 3 heterocycles. The van der Waals surface area contributed by atoms with E-state index in [0.717, 1.165) is 16.7 Å². The quantitative estimate of drug-likeness (QED) is 0.285. The van der Waals surface area contributed by atoms with Gasteiger partial charge in [-0.15, -0.1) is 0 Å². The average molecular weight is 457 g/mol. The van der Waals surface area contributed by atoms with Crippen LogP contribution in [-0.2, 0) is 4.74 Å². The summed E-state index contributed by atoms with van der Waals surface area (Å²) in [4.78, 5) is 38.8. The molecule has 0 radical (unpaired) electrons. The van der Waals surface area contributed by atoms with Gasteiger partial charge in [-0.1, -0.05) is 54.1 Å². The van der Waals surface area contributed by atoms with Crippen molar-refractivity contribution in [3.05, 3.63) is 94.1 Å². The molecule has 0 N–H and O–H groups in total. The number of ether oxygens (including phenoxy) is 1. The Labute approximate surface area is 193 Å². The Balaban J connectivity index is 1.83. The standard InChI is InChI=1S/C25H17ClN4O3/c1-2-33-25(32)19-13-27-23-21-18(15-6-4-3-5-7-15)12-20(16-8-10-17(26)11-9-16)29-22(21)28-14-30(23)24(19)31/h3-14H,2H2,1H3. The molecule has 0 saturated carbocycles. The number of hydrogen-bond donors (Lipinski definition) is 0. The van der Waals surface area contributed by atoms with Crippen LogP contribution in [0.1, 0.15) is 17.3 Å². The van der Waals surface area contributed by atoms with Gasteiger partial charge in [-0.25, -0.2) is 24.1 Å². The number of esters is 1. The van der Waals surface area contributed by atoms with Gasteiger partial charge in [0.25, 0.3) is 5.56 Å². The molecule has 0 unspecified atom stereocenters. The Morgan fingerprint density at radius 3 is 2.52 bits per heavy atom. The Hall–Kier alpha value is -4.10. The van der Waals surface area contributed by atoms with Crippen LogP contribution in [0.25, 0.3) is 39.1 Å². The molecule has 0 atom stereocenters. The summed E-state index contributed by atoms with van der Waals surface area (Å²) in [6.07, 6.45) is 2.58. The summed E-state index contributed by atoms with van der Waals surface area (Å²) in [5, 5.41) is 1.24. The second kappa shape index (κ2) is 8.44. The van der Waals surface area contributed by atoms with E-state index in [9.17, 15) is 9.59 Å². The molecule has 8 heteroatoms. The van der Waals surface area contributed by atoms with Gasteiger partial charge >= 0.3 is 5.97 Å². The lowest BCUT2D eigenvalue weighted by Crippen LogP contribution is -2.24. The maximum Gasteiger partial charge on any atom is 0.345 e. The first-order chi connectivity index (χ1) is 16.1. The largest absolute Gasteiger partial charge is 0.462 e. The van der Waals surface area contributed by atoms with Crippen LogP contribution in [0.15, 0.2) is 78.0 Å². The van der Waals surface area contributed by atoms with E-state index in [2.05, 4.69) is 9.97 Å². The number of carbonyl (C=O) groups is 1. The van der Waals surface area contributed by atoms with Crippen molar-refractivity contribution in [2.24, 2.45) is 0 Å². The van der Waals surface area contributed by atoms with Crippen molar-refractivity contribution in [2.45, 2.75) is 6.92 Å². The van der Waals surface area contributed by atoms with Gasteiger partial charge in [0.05, 0.1) is 17.7 Å². The molecule has 0 amide bonds. The van der Waals surface area contributed by atoms with Gasteiger partial charge in [0, 0.05) is 16.8 Å². The highest BCUT2D eigenvalue weighted by Crippen LogP contribution is 2.33. The van der Waals surface area contributed by atoms with Crippen LogP contribution < -0.4 is 5.56 Å².